The van der Waals surface area contributed by atoms with E-state index in [1.165, 1.54) is 12.1 Å². The molecule has 0 unspecified atom stereocenters. The van der Waals surface area contributed by atoms with E-state index in [4.69, 9.17) is 4.74 Å². The molecule has 180 valence electrons. The molecule has 1 amide bonds. The molecular formula is C27H32N2O4S. The first-order chi connectivity index (χ1) is 16.1. The molecule has 7 heteroatoms. The van der Waals surface area contributed by atoms with Gasteiger partial charge in [0.05, 0.1) is 17.2 Å². The van der Waals surface area contributed by atoms with Crippen molar-refractivity contribution in [1.29, 1.82) is 0 Å². The van der Waals surface area contributed by atoms with Gasteiger partial charge in [0.15, 0.2) is 0 Å². The van der Waals surface area contributed by atoms with E-state index >= 15 is 0 Å². The molecular weight excluding hydrogens is 448 g/mol. The van der Waals surface area contributed by atoms with Crippen LogP contribution in [-0.4, -0.2) is 33.0 Å². The highest BCUT2D eigenvalue weighted by Gasteiger charge is 2.29. The molecule has 0 heterocycles. The van der Waals surface area contributed by atoms with Gasteiger partial charge in [-0.2, -0.15) is 0 Å². The zero-order valence-electron chi connectivity index (χ0n) is 20.1. The van der Waals surface area contributed by atoms with Gasteiger partial charge >= 0.3 is 0 Å². The number of benzene rings is 3. The van der Waals surface area contributed by atoms with E-state index in [0.29, 0.717) is 24.5 Å². The highest BCUT2D eigenvalue weighted by molar-refractivity contribution is 7.92. The first kappa shape index (κ1) is 25.3. The normalized spacial score (nSPS) is 11.6. The smallest absolute Gasteiger partial charge is 0.264 e. The quantitative estimate of drug-likeness (QED) is 0.455. The van der Waals surface area contributed by atoms with Gasteiger partial charge in [-0.15, -0.1) is 0 Å². The molecule has 6 nitrogen and oxygen atoms in total. The SMILES string of the molecule is CCOc1ccc(S(=O)(=O)N(CC(=O)NC(C)(C)Cc2ccccc2)c2ccc(C)cc2)cc1. The molecule has 0 aliphatic rings. The summed E-state index contributed by atoms with van der Waals surface area (Å²) in [5.41, 5.74) is 1.96. The van der Waals surface area contributed by atoms with Crippen LogP contribution in [0.5, 0.6) is 5.75 Å². The van der Waals surface area contributed by atoms with E-state index in [0.717, 1.165) is 15.4 Å². The average Bonchev–Trinajstić information content (AvgIpc) is 2.79. The lowest BCUT2D eigenvalue weighted by atomic mass is 9.95. The minimum absolute atomic E-state index is 0.0906. The average molecular weight is 481 g/mol. The van der Waals surface area contributed by atoms with Crippen LogP contribution >= 0.6 is 0 Å². The van der Waals surface area contributed by atoms with E-state index in [9.17, 15) is 13.2 Å². The summed E-state index contributed by atoms with van der Waals surface area (Å²) in [7, 11) is -3.99. The Labute approximate surface area is 202 Å². The predicted molar refractivity (Wildman–Crippen MR) is 136 cm³/mol. The van der Waals surface area contributed by atoms with Crippen molar-refractivity contribution in [1.82, 2.24) is 5.32 Å². The van der Waals surface area contributed by atoms with Crippen LogP contribution in [0.3, 0.4) is 0 Å². The second-order valence-corrected chi connectivity index (χ2v) is 10.7. The van der Waals surface area contributed by atoms with E-state index in [-0.39, 0.29) is 17.3 Å². The molecule has 0 atom stereocenters. The third kappa shape index (κ3) is 6.60. The Kier molecular flexibility index (Phi) is 7.99. The monoisotopic (exact) mass is 480 g/mol. The minimum atomic E-state index is -3.99. The lowest BCUT2D eigenvalue weighted by Gasteiger charge is -2.29. The molecule has 3 rings (SSSR count). The van der Waals surface area contributed by atoms with Crippen LogP contribution in [0.1, 0.15) is 31.9 Å². The number of ether oxygens (including phenoxy) is 1. The van der Waals surface area contributed by atoms with Gasteiger partial charge in [0.1, 0.15) is 12.3 Å². The Bertz CT molecular complexity index is 1190. The van der Waals surface area contributed by atoms with Crippen LogP contribution in [0.2, 0.25) is 0 Å². The van der Waals surface area contributed by atoms with Crippen molar-refractivity contribution in [2.24, 2.45) is 0 Å². The summed E-state index contributed by atoms with van der Waals surface area (Å²) >= 11 is 0. The van der Waals surface area contributed by atoms with Crippen LogP contribution in [0.4, 0.5) is 5.69 Å². The number of sulfonamides is 1. The number of hydrogen-bond acceptors (Lipinski definition) is 4. The van der Waals surface area contributed by atoms with Crippen molar-refractivity contribution in [3.8, 4) is 5.75 Å². The van der Waals surface area contributed by atoms with Crippen molar-refractivity contribution < 1.29 is 17.9 Å². The Morgan fingerprint density at radius 3 is 2.15 bits per heavy atom. The molecule has 0 radical (unpaired) electrons. The Morgan fingerprint density at radius 2 is 1.56 bits per heavy atom. The number of carbonyl (C=O) groups excluding carboxylic acids is 1. The maximum Gasteiger partial charge on any atom is 0.264 e. The molecule has 0 aliphatic carbocycles. The summed E-state index contributed by atoms with van der Waals surface area (Å²) in [6, 6.07) is 23.2. The molecule has 0 aromatic heterocycles. The second-order valence-electron chi connectivity index (χ2n) is 8.85. The van der Waals surface area contributed by atoms with Crippen LogP contribution in [0, 0.1) is 6.92 Å². The van der Waals surface area contributed by atoms with E-state index in [1.54, 1.807) is 24.3 Å². The lowest BCUT2D eigenvalue weighted by molar-refractivity contribution is -0.121. The summed E-state index contributed by atoms with van der Waals surface area (Å²) in [6.45, 7) is 7.79. The summed E-state index contributed by atoms with van der Waals surface area (Å²) < 4.78 is 33.7. The van der Waals surface area contributed by atoms with E-state index in [2.05, 4.69) is 5.32 Å². The number of amides is 1. The summed E-state index contributed by atoms with van der Waals surface area (Å²) in [6.07, 6.45) is 0.621. The minimum Gasteiger partial charge on any atom is -0.494 e. The molecule has 0 fully saturated rings. The summed E-state index contributed by atoms with van der Waals surface area (Å²) in [4.78, 5) is 13.2. The van der Waals surface area contributed by atoms with E-state index in [1.807, 2.05) is 70.2 Å². The predicted octanol–water partition coefficient (Wildman–Crippen LogP) is 4.73. The van der Waals surface area contributed by atoms with Crippen molar-refractivity contribution >= 4 is 21.6 Å². The third-order valence-corrected chi connectivity index (χ3v) is 7.09. The van der Waals surface area contributed by atoms with Gasteiger partial charge in [-0.3, -0.25) is 9.10 Å². The molecule has 0 spiro atoms. The van der Waals surface area contributed by atoms with Gasteiger partial charge in [-0.25, -0.2) is 8.42 Å². The maximum atomic E-state index is 13.6. The highest BCUT2D eigenvalue weighted by Crippen LogP contribution is 2.26. The van der Waals surface area contributed by atoms with Crippen LogP contribution in [-0.2, 0) is 21.2 Å². The van der Waals surface area contributed by atoms with E-state index < -0.39 is 15.6 Å². The zero-order chi connectivity index (χ0) is 24.8. The molecule has 1 N–H and O–H groups in total. The van der Waals surface area contributed by atoms with Gasteiger partial charge in [0.2, 0.25) is 5.91 Å². The number of hydrogen-bond donors (Lipinski definition) is 1. The largest absolute Gasteiger partial charge is 0.494 e. The number of nitrogens with zero attached hydrogens (tertiary/aromatic N) is 1. The second kappa shape index (κ2) is 10.7. The molecule has 0 saturated carbocycles. The summed E-state index contributed by atoms with van der Waals surface area (Å²) in [5.74, 6) is 0.208. The van der Waals surface area contributed by atoms with Gasteiger partial charge in [0, 0.05) is 5.54 Å². The van der Waals surface area contributed by atoms with Gasteiger partial charge < -0.3 is 10.1 Å². The Morgan fingerprint density at radius 1 is 0.941 bits per heavy atom. The molecule has 0 aliphatic heterocycles. The first-order valence-corrected chi connectivity index (χ1v) is 12.7. The topological polar surface area (TPSA) is 75.7 Å². The van der Waals surface area contributed by atoms with Crippen LogP contribution in [0.15, 0.2) is 83.8 Å². The number of anilines is 1. The van der Waals surface area contributed by atoms with Crippen molar-refractivity contribution in [3.63, 3.8) is 0 Å². The van der Waals surface area contributed by atoms with Crippen molar-refractivity contribution in [2.75, 3.05) is 17.5 Å². The fraction of sp³-hybridized carbons (Fsp3) is 0.296. The van der Waals surface area contributed by atoms with Gasteiger partial charge in [0.25, 0.3) is 10.0 Å². The van der Waals surface area contributed by atoms with Gasteiger partial charge in [-0.05, 0) is 76.1 Å². The first-order valence-electron chi connectivity index (χ1n) is 11.3. The fourth-order valence-corrected chi connectivity index (χ4v) is 5.15. The van der Waals surface area contributed by atoms with Crippen molar-refractivity contribution in [3.05, 3.63) is 90.0 Å². The third-order valence-electron chi connectivity index (χ3n) is 5.30. The summed E-state index contributed by atoms with van der Waals surface area (Å²) in [5, 5.41) is 3.00. The number of rotatable bonds is 10. The zero-order valence-corrected chi connectivity index (χ0v) is 20.9. The van der Waals surface area contributed by atoms with Crippen molar-refractivity contribution in [2.45, 2.75) is 44.6 Å². The fourth-order valence-electron chi connectivity index (χ4n) is 3.73. The number of nitrogens with one attached hydrogen (secondary N) is 1. The molecule has 3 aromatic rings. The highest BCUT2D eigenvalue weighted by atomic mass is 32.2. The molecule has 3 aromatic carbocycles. The number of carbonyl (C=O) groups is 1. The number of aryl methyl sites for hydroxylation is 1. The van der Waals surface area contributed by atoms with Crippen LogP contribution < -0.4 is 14.4 Å². The van der Waals surface area contributed by atoms with Gasteiger partial charge in [-0.1, -0.05) is 48.0 Å². The van der Waals surface area contributed by atoms with Crippen LogP contribution in [0.25, 0.3) is 0 Å². The molecule has 0 saturated heterocycles. The lowest BCUT2D eigenvalue weighted by Crippen LogP contribution is -2.50. The standard InChI is InChI=1S/C27H32N2O4S/c1-5-33-24-15-17-25(18-16-24)34(31,32)29(23-13-11-21(2)12-14-23)20-26(30)28-27(3,4)19-22-9-7-6-8-10-22/h6-18H,5,19-20H2,1-4H3,(H,28,30). The molecule has 0 bridgehead atoms. The Balaban J connectivity index is 1.85. The molecule has 34 heavy (non-hydrogen) atoms. The maximum absolute atomic E-state index is 13.6. The Hall–Kier alpha value is -3.32.